The van der Waals surface area contributed by atoms with E-state index >= 15 is 0 Å². The zero-order valence-corrected chi connectivity index (χ0v) is 10.8. The van der Waals surface area contributed by atoms with Gasteiger partial charge in [0, 0.05) is 5.54 Å². The first-order valence-corrected chi connectivity index (χ1v) is 5.63. The molecular formula is C12H25NO2. The lowest BCUT2D eigenvalue weighted by Crippen LogP contribution is -2.55. The van der Waals surface area contributed by atoms with Gasteiger partial charge in [-0.15, -0.1) is 0 Å². The third-order valence-corrected chi connectivity index (χ3v) is 3.69. The van der Waals surface area contributed by atoms with E-state index < -0.39 is 16.9 Å². The lowest BCUT2D eigenvalue weighted by molar-refractivity contribution is -0.151. The van der Waals surface area contributed by atoms with Crippen LogP contribution in [-0.4, -0.2) is 23.2 Å². The summed E-state index contributed by atoms with van der Waals surface area (Å²) in [6, 6.07) is 0. The van der Waals surface area contributed by atoms with Crippen molar-refractivity contribution in [2.45, 2.75) is 53.5 Å². The fourth-order valence-corrected chi connectivity index (χ4v) is 1.06. The normalized spacial score (nSPS) is 15.1. The molecule has 0 heterocycles. The minimum Gasteiger partial charge on any atom is -0.481 e. The lowest BCUT2D eigenvalue weighted by Gasteiger charge is -2.39. The molecule has 0 saturated carbocycles. The molecule has 0 saturated heterocycles. The molecule has 0 aliphatic heterocycles. The topological polar surface area (TPSA) is 49.3 Å². The van der Waals surface area contributed by atoms with Crippen molar-refractivity contribution in [2.75, 3.05) is 6.54 Å². The van der Waals surface area contributed by atoms with Crippen LogP contribution in [0.5, 0.6) is 0 Å². The lowest BCUT2D eigenvalue weighted by atomic mass is 9.74. The Labute approximate surface area is 93.3 Å². The largest absolute Gasteiger partial charge is 0.481 e. The van der Waals surface area contributed by atoms with E-state index in [1.165, 1.54) is 0 Å². The first-order chi connectivity index (χ1) is 6.65. The summed E-state index contributed by atoms with van der Waals surface area (Å²) in [5.74, 6) is -0.182. The third-order valence-electron chi connectivity index (χ3n) is 3.69. The molecule has 1 unspecified atom stereocenters. The number of carboxylic acid groups (broad SMARTS) is 1. The Morgan fingerprint density at radius 1 is 1.33 bits per heavy atom. The van der Waals surface area contributed by atoms with Crippen molar-refractivity contribution in [1.29, 1.82) is 0 Å². The van der Waals surface area contributed by atoms with Crippen LogP contribution in [0.2, 0.25) is 0 Å². The van der Waals surface area contributed by atoms with Crippen molar-refractivity contribution in [2.24, 2.45) is 11.3 Å². The van der Waals surface area contributed by atoms with Crippen molar-refractivity contribution in [3.05, 3.63) is 0 Å². The molecule has 0 radical (unpaired) electrons. The SMILES string of the molecule is CCC(C)CNC(C)(C)C(C)(C)C(=O)O. The quantitative estimate of drug-likeness (QED) is 0.715. The predicted molar refractivity (Wildman–Crippen MR) is 63.0 cm³/mol. The fourth-order valence-electron chi connectivity index (χ4n) is 1.06. The van der Waals surface area contributed by atoms with Gasteiger partial charge in [-0.05, 0) is 40.2 Å². The van der Waals surface area contributed by atoms with Gasteiger partial charge in [-0.2, -0.15) is 0 Å². The van der Waals surface area contributed by atoms with Crippen LogP contribution in [-0.2, 0) is 4.79 Å². The van der Waals surface area contributed by atoms with Crippen LogP contribution in [0.25, 0.3) is 0 Å². The summed E-state index contributed by atoms with van der Waals surface area (Å²) in [5, 5.41) is 12.5. The minimum absolute atomic E-state index is 0.401. The van der Waals surface area contributed by atoms with Crippen LogP contribution in [0.3, 0.4) is 0 Å². The molecule has 2 N–H and O–H groups in total. The molecule has 0 spiro atoms. The first-order valence-electron chi connectivity index (χ1n) is 5.63. The van der Waals surface area contributed by atoms with Crippen LogP contribution >= 0.6 is 0 Å². The van der Waals surface area contributed by atoms with E-state index in [-0.39, 0.29) is 0 Å². The van der Waals surface area contributed by atoms with E-state index in [9.17, 15) is 4.79 Å². The summed E-state index contributed by atoms with van der Waals surface area (Å²) in [5.41, 5.74) is -1.16. The molecule has 0 aromatic heterocycles. The van der Waals surface area contributed by atoms with Crippen LogP contribution in [0.1, 0.15) is 48.0 Å². The standard InChI is InChI=1S/C12H25NO2/c1-7-9(2)8-13-12(5,6)11(3,4)10(14)15/h9,13H,7-8H2,1-6H3,(H,14,15). The maximum Gasteiger partial charge on any atom is 0.310 e. The van der Waals surface area contributed by atoms with Crippen molar-refractivity contribution in [3.8, 4) is 0 Å². The van der Waals surface area contributed by atoms with E-state index in [0.717, 1.165) is 13.0 Å². The molecule has 0 rings (SSSR count). The second-order valence-electron chi connectivity index (χ2n) is 5.45. The molecule has 0 bridgehead atoms. The highest BCUT2D eigenvalue weighted by atomic mass is 16.4. The first kappa shape index (κ1) is 14.4. The monoisotopic (exact) mass is 215 g/mol. The molecule has 0 aliphatic carbocycles. The Morgan fingerprint density at radius 2 is 1.80 bits per heavy atom. The van der Waals surface area contributed by atoms with Crippen LogP contribution in [0.4, 0.5) is 0 Å². The number of aliphatic carboxylic acids is 1. The highest BCUT2D eigenvalue weighted by Gasteiger charge is 2.43. The van der Waals surface area contributed by atoms with Crippen molar-refractivity contribution < 1.29 is 9.90 Å². The predicted octanol–water partition coefficient (Wildman–Crippen LogP) is 2.51. The van der Waals surface area contributed by atoms with Crippen LogP contribution in [0.15, 0.2) is 0 Å². The maximum atomic E-state index is 11.1. The zero-order valence-electron chi connectivity index (χ0n) is 10.8. The van der Waals surface area contributed by atoms with Gasteiger partial charge in [-0.3, -0.25) is 4.79 Å². The number of hydrogen-bond donors (Lipinski definition) is 2. The smallest absolute Gasteiger partial charge is 0.310 e. The van der Waals surface area contributed by atoms with Gasteiger partial charge in [0.2, 0.25) is 0 Å². The van der Waals surface area contributed by atoms with Gasteiger partial charge in [-0.25, -0.2) is 0 Å². The van der Waals surface area contributed by atoms with E-state index in [4.69, 9.17) is 5.11 Å². The van der Waals surface area contributed by atoms with Crippen LogP contribution < -0.4 is 5.32 Å². The third kappa shape index (κ3) is 3.49. The van der Waals surface area contributed by atoms with Gasteiger partial charge < -0.3 is 10.4 Å². The Hall–Kier alpha value is -0.570. The van der Waals surface area contributed by atoms with Gasteiger partial charge in [-0.1, -0.05) is 20.3 Å². The van der Waals surface area contributed by atoms with E-state index in [0.29, 0.717) is 5.92 Å². The van der Waals surface area contributed by atoms with Crippen molar-refractivity contribution >= 4 is 5.97 Å². The van der Waals surface area contributed by atoms with Gasteiger partial charge in [0.15, 0.2) is 0 Å². The number of carboxylic acids is 1. The van der Waals surface area contributed by atoms with Crippen molar-refractivity contribution in [1.82, 2.24) is 5.32 Å². The number of nitrogens with one attached hydrogen (secondary N) is 1. The molecule has 3 nitrogen and oxygen atoms in total. The van der Waals surface area contributed by atoms with Crippen LogP contribution in [0, 0.1) is 11.3 Å². The summed E-state index contributed by atoms with van der Waals surface area (Å²) >= 11 is 0. The average Bonchev–Trinajstić information content (AvgIpc) is 2.13. The molecule has 3 heteroatoms. The zero-order chi connectivity index (χ0) is 12.3. The molecule has 90 valence electrons. The molecular weight excluding hydrogens is 190 g/mol. The van der Waals surface area contributed by atoms with Gasteiger partial charge in [0.1, 0.15) is 0 Å². The van der Waals surface area contributed by atoms with Gasteiger partial charge >= 0.3 is 5.97 Å². The second kappa shape index (κ2) is 4.97. The molecule has 0 fully saturated rings. The molecule has 0 aromatic carbocycles. The Morgan fingerprint density at radius 3 is 2.13 bits per heavy atom. The van der Waals surface area contributed by atoms with E-state index in [1.54, 1.807) is 13.8 Å². The van der Waals surface area contributed by atoms with Gasteiger partial charge in [0.25, 0.3) is 0 Å². The molecule has 15 heavy (non-hydrogen) atoms. The fraction of sp³-hybridized carbons (Fsp3) is 0.917. The summed E-state index contributed by atoms with van der Waals surface area (Å²) in [4.78, 5) is 11.1. The Kier molecular flexibility index (Phi) is 4.78. The van der Waals surface area contributed by atoms with E-state index in [1.807, 2.05) is 13.8 Å². The van der Waals surface area contributed by atoms with Crippen molar-refractivity contribution in [3.63, 3.8) is 0 Å². The average molecular weight is 215 g/mol. The second-order valence-corrected chi connectivity index (χ2v) is 5.45. The van der Waals surface area contributed by atoms with E-state index in [2.05, 4.69) is 19.2 Å². The Balaban J connectivity index is 4.47. The number of carbonyl (C=O) groups is 1. The minimum atomic E-state index is -0.763. The number of hydrogen-bond acceptors (Lipinski definition) is 2. The highest BCUT2D eigenvalue weighted by molar-refractivity contribution is 5.75. The van der Waals surface area contributed by atoms with Gasteiger partial charge in [0.05, 0.1) is 5.41 Å². The molecule has 0 aliphatic rings. The summed E-state index contributed by atoms with van der Waals surface area (Å²) < 4.78 is 0. The highest BCUT2D eigenvalue weighted by Crippen LogP contribution is 2.30. The Bertz CT molecular complexity index is 222. The summed E-state index contributed by atoms with van der Waals surface area (Å²) in [7, 11) is 0. The summed E-state index contributed by atoms with van der Waals surface area (Å²) in [6.45, 7) is 12.6. The molecule has 1 atom stereocenters. The molecule has 0 aromatic rings. The summed E-state index contributed by atoms with van der Waals surface area (Å²) in [6.07, 6.45) is 1.11. The number of rotatable bonds is 6. The maximum absolute atomic E-state index is 11.1. The molecule has 0 amide bonds.